The van der Waals surface area contributed by atoms with Gasteiger partial charge < -0.3 is 4.98 Å². The lowest BCUT2D eigenvalue weighted by Crippen LogP contribution is -2.14. The average Bonchev–Trinajstić information content (AvgIpc) is 2.80. The minimum absolute atomic E-state index is 0.252. The maximum absolute atomic E-state index is 12.2. The van der Waals surface area contributed by atoms with Crippen molar-refractivity contribution in [3.63, 3.8) is 0 Å². The van der Waals surface area contributed by atoms with Crippen LogP contribution < -0.4 is 5.69 Å². The summed E-state index contributed by atoms with van der Waals surface area (Å²) in [5, 5.41) is 18.2. The normalized spacial score (nSPS) is 10.2. The third-order valence-corrected chi connectivity index (χ3v) is 3.32. The van der Waals surface area contributed by atoms with Crippen LogP contribution in [0, 0.1) is 29.6 Å². The van der Waals surface area contributed by atoms with Crippen molar-refractivity contribution >= 4 is 11.0 Å². The molecule has 21 heavy (non-hydrogen) atoms. The van der Waals surface area contributed by atoms with Crippen molar-refractivity contribution in [3.05, 3.63) is 63.6 Å². The molecule has 5 heteroatoms. The predicted octanol–water partition coefficient (Wildman–Crippen LogP) is 2.37. The number of hydrogen-bond donors (Lipinski definition) is 1. The van der Waals surface area contributed by atoms with Crippen molar-refractivity contribution in [1.82, 2.24) is 9.55 Å². The molecule has 5 nitrogen and oxygen atoms in total. The molecule has 3 rings (SSSR count). The second-order valence-corrected chi connectivity index (χ2v) is 4.74. The molecule has 0 aliphatic rings. The molecule has 0 aliphatic heterocycles. The third-order valence-electron chi connectivity index (χ3n) is 3.32. The number of aromatic amines is 1. The monoisotopic (exact) mass is 274 g/mol. The van der Waals surface area contributed by atoms with Crippen LogP contribution in [0.1, 0.15) is 16.7 Å². The van der Waals surface area contributed by atoms with Crippen molar-refractivity contribution in [2.24, 2.45) is 0 Å². The van der Waals surface area contributed by atoms with Gasteiger partial charge in [-0.2, -0.15) is 10.5 Å². The fraction of sp³-hybridized carbons (Fsp3) is 0.0625. The topological polar surface area (TPSA) is 85.4 Å². The highest BCUT2D eigenvalue weighted by atomic mass is 16.1. The van der Waals surface area contributed by atoms with Crippen LogP contribution in [0.5, 0.6) is 0 Å². The largest absolute Gasteiger partial charge is 0.331 e. The first-order valence-electron chi connectivity index (χ1n) is 6.30. The first kappa shape index (κ1) is 12.7. The molecule has 100 valence electrons. The van der Waals surface area contributed by atoms with Crippen LogP contribution in [-0.4, -0.2) is 9.55 Å². The second-order valence-electron chi connectivity index (χ2n) is 4.74. The summed E-state index contributed by atoms with van der Waals surface area (Å²) >= 11 is 0. The number of imidazole rings is 1. The smallest absolute Gasteiger partial charge is 0.305 e. The number of nitrogens with zero attached hydrogens (tertiary/aromatic N) is 3. The number of nitriles is 2. The van der Waals surface area contributed by atoms with Crippen LogP contribution in [0.25, 0.3) is 16.7 Å². The van der Waals surface area contributed by atoms with Crippen LogP contribution in [0.2, 0.25) is 0 Å². The van der Waals surface area contributed by atoms with Crippen molar-refractivity contribution in [3.8, 4) is 17.8 Å². The first-order valence-corrected chi connectivity index (χ1v) is 6.30. The van der Waals surface area contributed by atoms with Gasteiger partial charge in [-0.15, -0.1) is 0 Å². The number of rotatable bonds is 1. The highest BCUT2D eigenvalue weighted by Crippen LogP contribution is 2.20. The van der Waals surface area contributed by atoms with Gasteiger partial charge >= 0.3 is 5.69 Å². The molecule has 0 saturated carbocycles. The quantitative estimate of drug-likeness (QED) is 0.739. The van der Waals surface area contributed by atoms with E-state index in [0.717, 1.165) is 11.3 Å². The molecule has 0 atom stereocenters. The molecule has 0 aliphatic carbocycles. The van der Waals surface area contributed by atoms with Gasteiger partial charge in [-0.3, -0.25) is 4.57 Å². The van der Waals surface area contributed by atoms with Crippen LogP contribution in [-0.2, 0) is 0 Å². The van der Waals surface area contributed by atoms with E-state index in [1.165, 1.54) is 10.6 Å². The molecular formula is C16H10N4O. The van der Waals surface area contributed by atoms with Crippen molar-refractivity contribution in [2.75, 3.05) is 0 Å². The van der Waals surface area contributed by atoms with E-state index in [-0.39, 0.29) is 16.8 Å². The van der Waals surface area contributed by atoms with Crippen molar-refractivity contribution < 1.29 is 0 Å². The zero-order chi connectivity index (χ0) is 15.0. The zero-order valence-electron chi connectivity index (χ0n) is 11.2. The average molecular weight is 274 g/mol. The summed E-state index contributed by atoms with van der Waals surface area (Å²) < 4.78 is 1.50. The Morgan fingerprint density at radius 3 is 2.48 bits per heavy atom. The molecule has 3 aromatic rings. The van der Waals surface area contributed by atoms with E-state index < -0.39 is 0 Å². The van der Waals surface area contributed by atoms with Crippen molar-refractivity contribution in [2.45, 2.75) is 6.92 Å². The summed E-state index contributed by atoms with van der Waals surface area (Å²) in [6.45, 7) is 1.94. The Labute approximate surface area is 120 Å². The minimum Gasteiger partial charge on any atom is -0.305 e. The minimum atomic E-state index is -0.297. The lowest BCUT2D eigenvalue weighted by Gasteiger charge is -2.05. The molecule has 2 aromatic carbocycles. The molecule has 0 unspecified atom stereocenters. The fourth-order valence-corrected chi connectivity index (χ4v) is 2.36. The van der Waals surface area contributed by atoms with Crippen LogP contribution in [0.4, 0.5) is 0 Å². The molecule has 1 aromatic heterocycles. The van der Waals surface area contributed by atoms with E-state index >= 15 is 0 Å². The van der Waals surface area contributed by atoms with E-state index in [4.69, 9.17) is 10.5 Å². The van der Waals surface area contributed by atoms with Crippen LogP contribution >= 0.6 is 0 Å². The number of aromatic nitrogens is 2. The van der Waals surface area contributed by atoms with Gasteiger partial charge in [0.15, 0.2) is 0 Å². The Hall–Kier alpha value is -3.31. The number of hydrogen-bond acceptors (Lipinski definition) is 3. The molecule has 1 N–H and O–H groups in total. The zero-order valence-corrected chi connectivity index (χ0v) is 11.2. The fourth-order valence-electron chi connectivity index (χ4n) is 2.36. The highest BCUT2D eigenvalue weighted by Gasteiger charge is 2.12. The first-order chi connectivity index (χ1) is 10.1. The van der Waals surface area contributed by atoms with Gasteiger partial charge in [0.1, 0.15) is 12.1 Å². The summed E-state index contributed by atoms with van der Waals surface area (Å²) in [6, 6.07) is 14.6. The molecule has 0 spiro atoms. The van der Waals surface area contributed by atoms with Gasteiger partial charge in [0.25, 0.3) is 0 Å². The Balaban J connectivity index is 2.40. The molecular weight excluding hydrogens is 264 g/mol. The summed E-state index contributed by atoms with van der Waals surface area (Å²) in [5.41, 5.74) is 3.09. The van der Waals surface area contributed by atoms with Gasteiger partial charge in [-0.25, -0.2) is 4.79 Å². The lowest BCUT2D eigenvalue weighted by molar-refractivity contribution is 1.01. The predicted molar refractivity (Wildman–Crippen MR) is 78.1 cm³/mol. The summed E-state index contributed by atoms with van der Waals surface area (Å²) in [5.74, 6) is 0. The van der Waals surface area contributed by atoms with Gasteiger partial charge in [0.2, 0.25) is 0 Å². The standard InChI is InChI=1S/C16H10N4O/c1-10-3-2-4-13(5-10)20-15-7-12(9-18)11(8-17)6-14(15)19-16(20)21/h2-7H,1H3,(H,19,21). The Morgan fingerprint density at radius 2 is 1.81 bits per heavy atom. The van der Waals surface area contributed by atoms with Crippen LogP contribution in [0.15, 0.2) is 41.2 Å². The summed E-state index contributed by atoms with van der Waals surface area (Å²) in [7, 11) is 0. The Kier molecular flexibility index (Phi) is 2.82. The number of H-pyrrole nitrogens is 1. The lowest BCUT2D eigenvalue weighted by atomic mass is 10.1. The van der Waals surface area contributed by atoms with Gasteiger partial charge in [-0.1, -0.05) is 12.1 Å². The third kappa shape index (κ3) is 1.98. The van der Waals surface area contributed by atoms with E-state index in [1.54, 1.807) is 6.07 Å². The van der Waals surface area contributed by atoms with E-state index in [0.29, 0.717) is 11.0 Å². The van der Waals surface area contributed by atoms with Crippen molar-refractivity contribution in [1.29, 1.82) is 10.5 Å². The molecule has 0 saturated heterocycles. The number of nitrogens with one attached hydrogen (secondary N) is 1. The Morgan fingerprint density at radius 1 is 1.10 bits per heavy atom. The summed E-state index contributed by atoms with van der Waals surface area (Å²) in [4.78, 5) is 14.9. The number of fused-ring (bicyclic) bond motifs is 1. The SMILES string of the molecule is Cc1cccc(-n2c(=O)[nH]c3cc(C#N)c(C#N)cc32)c1. The van der Waals surface area contributed by atoms with E-state index in [2.05, 4.69) is 4.98 Å². The Bertz CT molecular complexity index is 996. The molecule has 0 fully saturated rings. The van der Waals surface area contributed by atoms with Crippen LogP contribution in [0.3, 0.4) is 0 Å². The maximum Gasteiger partial charge on any atom is 0.331 e. The maximum atomic E-state index is 12.2. The molecule has 0 bridgehead atoms. The van der Waals surface area contributed by atoms with E-state index in [9.17, 15) is 4.79 Å². The van der Waals surface area contributed by atoms with Gasteiger partial charge in [-0.05, 0) is 36.8 Å². The second kappa shape index (κ2) is 4.66. The molecule has 0 radical (unpaired) electrons. The summed E-state index contributed by atoms with van der Waals surface area (Å²) in [6.07, 6.45) is 0. The number of aryl methyl sites for hydroxylation is 1. The highest BCUT2D eigenvalue weighted by molar-refractivity contribution is 5.81. The number of benzene rings is 2. The van der Waals surface area contributed by atoms with Gasteiger partial charge in [0.05, 0.1) is 27.8 Å². The molecule has 1 heterocycles. The van der Waals surface area contributed by atoms with Gasteiger partial charge in [0, 0.05) is 0 Å². The van der Waals surface area contributed by atoms with E-state index in [1.807, 2.05) is 43.3 Å². The molecule has 0 amide bonds.